The van der Waals surface area contributed by atoms with Crippen molar-refractivity contribution in [3.63, 3.8) is 0 Å². The largest absolute Gasteiger partial charge is 0.316 e. The Balaban J connectivity index is 1.92. The van der Waals surface area contributed by atoms with E-state index in [2.05, 4.69) is 19.2 Å². The van der Waals surface area contributed by atoms with E-state index in [-0.39, 0.29) is 0 Å². The average Bonchev–Trinajstić information content (AvgIpc) is 2.81. The minimum Gasteiger partial charge on any atom is -0.316 e. The highest BCUT2D eigenvalue weighted by Crippen LogP contribution is 2.35. The van der Waals surface area contributed by atoms with Gasteiger partial charge in [0.2, 0.25) is 0 Å². The lowest BCUT2D eigenvalue weighted by molar-refractivity contribution is 0.357. The fraction of sp³-hybridized carbons (Fsp3) is 0.647. The van der Waals surface area contributed by atoms with Crippen molar-refractivity contribution in [2.24, 2.45) is 17.8 Å². The van der Waals surface area contributed by atoms with E-state index in [1.807, 2.05) is 18.2 Å². The second-order valence-electron chi connectivity index (χ2n) is 6.44. The van der Waals surface area contributed by atoms with Gasteiger partial charge in [0.25, 0.3) is 0 Å². The summed E-state index contributed by atoms with van der Waals surface area (Å²) in [4.78, 5) is 0. The van der Waals surface area contributed by atoms with E-state index in [1.54, 1.807) is 0 Å². The normalized spacial score (nSPS) is 22.6. The molecule has 112 valence electrons. The van der Waals surface area contributed by atoms with Gasteiger partial charge in [-0.25, -0.2) is 0 Å². The van der Waals surface area contributed by atoms with Crippen LogP contribution in [0.1, 0.15) is 38.7 Å². The maximum atomic E-state index is 6.29. The van der Waals surface area contributed by atoms with Gasteiger partial charge < -0.3 is 5.32 Å². The Bertz CT molecular complexity index is 431. The van der Waals surface area contributed by atoms with Crippen LogP contribution in [0.25, 0.3) is 0 Å². The molecule has 20 heavy (non-hydrogen) atoms. The number of halogens is 2. The summed E-state index contributed by atoms with van der Waals surface area (Å²) in [6, 6.07) is 5.81. The molecule has 1 aromatic carbocycles. The van der Waals surface area contributed by atoms with Crippen LogP contribution in [0.2, 0.25) is 10.0 Å². The maximum absolute atomic E-state index is 6.29. The molecule has 0 amide bonds. The zero-order chi connectivity index (χ0) is 14.5. The topological polar surface area (TPSA) is 12.0 Å². The van der Waals surface area contributed by atoms with Crippen molar-refractivity contribution in [3.8, 4) is 0 Å². The van der Waals surface area contributed by atoms with Gasteiger partial charge in [0.15, 0.2) is 0 Å². The lowest BCUT2D eigenvalue weighted by Crippen LogP contribution is -2.29. The predicted molar refractivity (Wildman–Crippen MR) is 88.7 cm³/mol. The van der Waals surface area contributed by atoms with Crippen LogP contribution in [0, 0.1) is 17.8 Å². The molecule has 1 aliphatic carbocycles. The molecule has 0 spiro atoms. The number of nitrogens with one attached hydrogen (secondary N) is 1. The molecule has 1 nitrogen and oxygen atoms in total. The van der Waals surface area contributed by atoms with Crippen LogP contribution >= 0.6 is 23.2 Å². The van der Waals surface area contributed by atoms with Crippen LogP contribution in [0.4, 0.5) is 0 Å². The SMILES string of the molecule is CC(C)CNCC1CCCC1Cc1cc(Cl)ccc1Cl. The Hall–Kier alpha value is -0.240. The zero-order valence-electron chi connectivity index (χ0n) is 12.5. The average molecular weight is 314 g/mol. The number of benzene rings is 1. The van der Waals surface area contributed by atoms with E-state index in [0.29, 0.717) is 0 Å². The molecule has 3 heteroatoms. The Labute approximate surface area is 133 Å². The Morgan fingerprint density at radius 2 is 1.95 bits per heavy atom. The molecule has 0 saturated heterocycles. The van der Waals surface area contributed by atoms with Crippen molar-refractivity contribution in [2.45, 2.75) is 39.5 Å². The number of rotatable bonds is 6. The molecule has 1 fully saturated rings. The second-order valence-corrected chi connectivity index (χ2v) is 7.29. The highest BCUT2D eigenvalue weighted by Gasteiger charge is 2.27. The molecule has 0 aromatic heterocycles. The van der Waals surface area contributed by atoms with E-state index in [1.165, 1.54) is 24.8 Å². The number of hydrogen-bond donors (Lipinski definition) is 1. The van der Waals surface area contributed by atoms with Crippen molar-refractivity contribution in [3.05, 3.63) is 33.8 Å². The predicted octanol–water partition coefficient (Wildman–Crippen LogP) is 5.20. The summed E-state index contributed by atoms with van der Waals surface area (Å²) >= 11 is 12.4. The molecule has 0 bridgehead atoms. The van der Waals surface area contributed by atoms with Gasteiger partial charge >= 0.3 is 0 Å². The Kier molecular flexibility index (Phi) is 6.20. The molecule has 1 N–H and O–H groups in total. The first-order chi connectivity index (χ1) is 9.56. The van der Waals surface area contributed by atoms with Gasteiger partial charge in [-0.05, 0) is 73.9 Å². The van der Waals surface area contributed by atoms with Crippen LogP contribution in [0.5, 0.6) is 0 Å². The third-order valence-electron chi connectivity index (χ3n) is 4.27. The van der Waals surface area contributed by atoms with Gasteiger partial charge in [-0.2, -0.15) is 0 Å². The minimum absolute atomic E-state index is 0.720. The first-order valence-corrected chi connectivity index (χ1v) is 8.46. The molecular formula is C17H25Cl2N. The maximum Gasteiger partial charge on any atom is 0.0439 e. The van der Waals surface area contributed by atoms with Crippen LogP contribution in [-0.2, 0) is 6.42 Å². The molecule has 2 atom stereocenters. The summed E-state index contributed by atoms with van der Waals surface area (Å²) in [6.07, 6.45) is 5.06. The smallest absolute Gasteiger partial charge is 0.0439 e. The molecule has 1 saturated carbocycles. The number of hydrogen-bond acceptors (Lipinski definition) is 1. The highest BCUT2D eigenvalue weighted by molar-refractivity contribution is 6.33. The molecule has 1 aliphatic rings. The Morgan fingerprint density at radius 1 is 1.20 bits per heavy atom. The summed E-state index contributed by atoms with van der Waals surface area (Å²) in [5.41, 5.74) is 1.21. The van der Waals surface area contributed by atoms with Gasteiger partial charge in [-0.1, -0.05) is 43.5 Å². The monoisotopic (exact) mass is 313 g/mol. The summed E-state index contributed by atoms with van der Waals surface area (Å²) in [5.74, 6) is 2.24. The van der Waals surface area contributed by atoms with Gasteiger partial charge in [0.05, 0.1) is 0 Å². The minimum atomic E-state index is 0.720. The van der Waals surface area contributed by atoms with E-state index < -0.39 is 0 Å². The van der Waals surface area contributed by atoms with E-state index in [9.17, 15) is 0 Å². The molecule has 0 radical (unpaired) electrons. The van der Waals surface area contributed by atoms with Crippen molar-refractivity contribution in [1.82, 2.24) is 5.32 Å². The van der Waals surface area contributed by atoms with Crippen molar-refractivity contribution >= 4 is 23.2 Å². The Morgan fingerprint density at radius 3 is 2.70 bits per heavy atom. The lowest BCUT2D eigenvalue weighted by Gasteiger charge is -2.21. The van der Waals surface area contributed by atoms with Gasteiger partial charge in [-0.15, -0.1) is 0 Å². The van der Waals surface area contributed by atoms with Gasteiger partial charge in [0, 0.05) is 10.0 Å². The summed E-state index contributed by atoms with van der Waals surface area (Å²) in [5, 5.41) is 5.25. The lowest BCUT2D eigenvalue weighted by atomic mass is 9.89. The van der Waals surface area contributed by atoms with Crippen molar-refractivity contribution in [2.75, 3.05) is 13.1 Å². The van der Waals surface area contributed by atoms with Crippen molar-refractivity contribution in [1.29, 1.82) is 0 Å². The first kappa shape index (κ1) is 16.1. The van der Waals surface area contributed by atoms with E-state index >= 15 is 0 Å². The molecule has 0 aliphatic heterocycles. The standard InChI is InChI=1S/C17H25Cl2N/c1-12(2)10-20-11-14-5-3-4-13(14)8-15-9-16(18)6-7-17(15)19/h6-7,9,12-14,20H,3-5,8,10-11H2,1-2H3. The third-order valence-corrected chi connectivity index (χ3v) is 4.87. The van der Waals surface area contributed by atoms with Crippen molar-refractivity contribution < 1.29 is 0 Å². The highest BCUT2D eigenvalue weighted by atomic mass is 35.5. The fourth-order valence-electron chi connectivity index (χ4n) is 3.19. The van der Waals surface area contributed by atoms with Crippen LogP contribution in [0.3, 0.4) is 0 Å². The zero-order valence-corrected chi connectivity index (χ0v) is 14.0. The van der Waals surface area contributed by atoms with Gasteiger partial charge in [0.1, 0.15) is 0 Å². The molecule has 2 unspecified atom stereocenters. The fourth-order valence-corrected chi connectivity index (χ4v) is 3.58. The third kappa shape index (κ3) is 4.65. The summed E-state index contributed by atoms with van der Waals surface area (Å²) in [7, 11) is 0. The molecule has 1 aromatic rings. The summed E-state index contributed by atoms with van der Waals surface area (Å²) in [6.45, 7) is 6.76. The van der Waals surface area contributed by atoms with Crippen LogP contribution < -0.4 is 5.32 Å². The van der Waals surface area contributed by atoms with E-state index in [4.69, 9.17) is 23.2 Å². The van der Waals surface area contributed by atoms with Crippen LogP contribution in [-0.4, -0.2) is 13.1 Å². The quantitative estimate of drug-likeness (QED) is 0.761. The first-order valence-electron chi connectivity index (χ1n) is 7.71. The molecule has 0 heterocycles. The molecule has 2 rings (SSSR count). The summed E-state index contributed by atoms with van der Waals surface area (Å²) < 4.78 is 0. The van der Waals surface area contributed by atoms with Gasteiger partial charge in [-0.3, -0.25) is 0 Å². The van der Waals surface area contributed by atoms with E-state index in [0.717, 1.165) is 47.3 Å². The van der Waals surface area contributed by atoms with Crippen LogP contribution in [0.15, 0.2) is 18.2 Å². The second kappa shape index (κ2) is 7.68. The molecular weight excluding hydrogens is 289 g/mol.